The number of aryl methyl sites for hydroxylation is 1. The summed E-state index contributed by atoms with van der Waals surface area (Å²) >= 11 is 0. The largest absolute Gasteiger partial charge is 0.545 e. The summed E-state index contributed by atoms with van der Waals surface area (Å²) in [5, 5.41) is 14.1. The summed E-state index contributed by atoms with van der Waals surface area (Å²) < 4.78 is 1.42. The van der Waals surface area contributed by atoms with E-state index in [1.165, 1.54) is 17.0 Å². The van der Waals surface area contributed by atoms with Crippen LogP contribution in [0.4, 0.5) is 5.69 Å². The Balaban J connectivity index is 2.02. The number of nitrogens with zero attached hydrogens (tertiary/aromatic N) is 2. The third-order valence-electron chi connectivity index (χ3n) is 3.59. The summed E-state index contributed by atoms with van der Waals surface area (Å²) in [4.78, 5) is 27.8. The highest BCUT2D eigenvalue weighted by molar-refractivity contribution is 5.93. The number of para-hydroxylation sites is 2. The Morgan fingerprint density at radius 1 is 1.12 bits per heavy atom. The van der Waals surface area contributed by atoms with Crippen molar-refractivity contribution < 1.29 is 9.90 Å². The topological polar surface area (TPSA) is 90.3 Å². The molecule has 1 N–H and O–H groups in total. The van der Waals surface area contributed by atoms with Crippen molar-refractivity contribution >= 4 is 17.9 Å². The zero-order chi connectivity index (χ0) is 17.1. The number of benzene rings is 2. The molecule has 6 heteroatoms. The van der Waals surface area contributed by atoms with E-state index in [2.05, 4.69) is 10.1 Å². The molecule has 6 nitrogen and oxygen atoms in total. The van der Waals surface area contributed by atoms with Crippen LogP contribution in [0.25, 0.3) is 5.69 Å². The van der Waals surface area contributed by atoms with E-state index < -0.39 is 5.97 Å². The van der Waals surface area contributed by atoms with Crippen molar-refractivity contribution in [3.8, 4) is 5.69 Å². The molecule has 0 saturated carbocycles. The number of carbonyl (C=O) groups excluding carboxylic acids is 1. The second-order valence-electron chi connectivity index (χ2n) is 5.19. The summed E-state index contributed by atoms with van der Waals surface area (Å²) in [6.45, 7) is 1.76. The first-order chi connectivity index (χ1) is 11.6. The molecular weight excluding hydrogens is 306 g/mol. The number of carboxylic acid groups (broad SMARTS) is 1. The number of nitrogens with one attached hydrogen (secondary N) is 1. The van der Waals surface area contributed by atoms with Gasteiger partial charge in [-0.25, -0.2) is 4.68 Å². The Morgan fingerprint density at radius 3 is 2.50 bits per heavy atom. The SMILES string of the molecule is Cc1[nH]n(-c2ccccc2)c(=O)c1C=Nc1ccccc1C(=O)[O-]. The van der Waals surface area contributed by atoms with Gasteiger partial charge in [0.25, 0.3) is 5.56 Å². The first-order valence-corrected chi connectivity index (χ1v) is 7.29. The molecule has 2 aromatic carbocycles. The highest BCUT2D eigenvalue weighted by Crippen LogP contribution is 2.17. The van der Waals surface area contributed by atoms with Crippen LogP contribution < -0.4 is 10.7 Å². The van der Waals surface area contributed by atoms with Crippen molar-refractivity contribution in [3.05, 3.63) is 81.8 Å². The van der Waals surface area contributed by atoms with Crippen molar-refractivity contribution in [2.45, 2.75) is 6.92 Å². The van der Waals surface area contributed by atoms with E-state index in [0.717, 1.165) is 0 Å². The van der Waals surface area contributed by atoms with Gasteiger partial charge in [-0.05, 0) is 25.1 Å². The van der Waals surface area contributed by atoms with E-state index in [1.807, 2.05) is 30.3 Å². The van der Waals surface area contributed by atoms with Crippen LogP contribution in [0, 0.1) is 6.92 Å². The van der Waals surface area contributed by atoms with Crippen molar-refractivity contribution in [2.24, 2.45) is 4.99 Å². The van der Waals surface area contributed by atoms with Crippen LogP contribution in [0.5, 0.6) is 0 Å². The average molecular weight is 320 g/mol. The third-order valence-corrected chi connectivity index (χ3v) is 3.59. The molecule has 0 amide bonds. The van der Waals surface area contributed by atoms with Gasteiger partial charge in [0, 0.05) is 17.5 Å². The van der Waals surface area contributed by atoms with E-state index in [1.54, 1.807) is 25.1 Å². The van der Waals surface area contributed by atoms with E-state index in [-0.39, 0.29) is 16.8 Å². The molecule has 0 atom stereocenters. The molecule has 0 saturated heterocycles. The smallest absolute Gasteiger partial charge is 0.280 e. The van der Waals surface area contributed by atoms with Crippen molar-refractivity contribution in [1.82, 2.24) is 9.78 Å². The number of carboxylic acids is 1. The predicted molar refractivity (Wildman–Crippen MR) is 89.2 cm³/mol. The molecule has 0 unspecified atom stereocenters. The molecule has 3 aromatic rings. The van der Waals surface area contributed by atoms with Gasteiger partial charge in [-0.2, -0.15) is 0 Å². The van der Waals surface area contributed by atoms with E-state index in [9.17, 15) is 14.7 Å². The van der Waals surface area contributed by atoms with Crippen LogP contribution in [0.1, 0.15) is 21.6 Å². The lowest BCUT2D eigenvalue weighted by Crippen LogP contribution is -2.22. The molecule has 0 bridgehead atoms. The molecular formula is C18H14N3O3-. The standard InChI is InChI=1S/C18H15N3O3/c1-12-15(11-19-16-10-6-5-9-14(16)18(23)24)17(22)21(20-12)13-7-3-2-4-8-13/h2-11,20H,1H3,(H,23,24)/p-1. The second-order valence-corrected chi connectivity index (χ2v) is 5.19. The molecule has 0 aliphatic heterocycles. The van der Waals surface area contributed by atoms with Gasteiger partial charge in [0.1, 0.15) is 0 Å². The number of hydrogen-bond acceptors (Lipinski definition) is 4. The van der Waals surface area contributed by atoms with Crippen LogP contribution >= 0.6 is 0 Å². The Kier molecular flexibility index (Phi) is 4.11. The monoisotopic (exact) mass is 320 g/mol. The molecule has 3 rings (SSSR count). The van der Waals surface area contributed by atoms with Gasteiger partial charge in [-0.3, -0.25) is 14.9 Å². The normalized spacial score (nSPS) is 11.0. The highest BCUT2D eigenvalue weighted by Gasteiger charge is 2.10. The Hall–Kier alpha value is -3.41. The van der Waals surface area contributed by atoms with E-state index in [0.29, 0.717) is 16.9 Å². The van der Waals surface area contributed by atoms with Crippen LogP contribution in [-0.4, -0.2) is 22.0 Å². The molecule has 0 aliphatic carbocycles. The molecule has 0 spiro atoms. The molecule has 0 radical (unpaired) electrons. The quantitative estimate of drug-likeness (QED) is 0.740. The van der Waals surface area contributed by atoms with Gasteiger partial charge in [-0.15, -0.1) is 0 Å². The van der Waals surface area contributed by atoms with Gasteiger partial charge in [0.2, 0.25) is 0 Å². The number of rotatable bonds is 4. The second kappa shape index (κ2) is 6.37. The van der Waals surface area contributed by atoms with Crippen LogP contribution in [0.2, 0.25) is 0 Å². The number of hydrogen-bond donors (Lipinski definition) is 1. The fourth-order valence-corrected chi connectivity index (χ4v) is 2.36. The van der Waals surface area contributed by atoms with Crippen LogP contribution in [0.3, 0.4) is 0 Å². The summed E-state index contributed by atoms with van der Waals surface area (Å²) in [7, 11) is 0. The third kappa shape index (κ3) is 2.89. The van der Waals surface area contributed by atoms with Gasteiger partial charge in [-0.1, -0.05) is 36.4 Å². The number of aromatic carboxylic acids is 1. The minimum Gasteiger partial charge on any atom is -0.545 e. The fraction of sp³-hybridized carbons (Fsp3) is 0.0556. The zero-order valence-electron chi connectivity index (χ0n) is 12.9. The summed E-state index contributed by atoms with van der Waals surface area (Å²) in [5.74, 6) is -1.31. The van der Waals surface area contributed by atoms with Crippen molar-refractivity contribution in [1.29, 1.82) is 0 Å². The maximum Gasteiger partial charge on any atom is 0.280 e. The molecule has 24 heavy (non-hydrogen) atoms. The molecule has 0 aliphatic rings. The first kappa shape index (κ1) is 15.5. The van der Waals surface area contributed by atoms with Crippen molar-refractivity contribution in [2.75, 3.05) is 0 Å². The van der Waals surface area contributed by atoms with Crippen LogP contribution in [0.15, 0.2) is 64.4 Å². The minimum absolute atomic E-state index is 0.0228. The maximum atomic E-state index is 12.5. The van der Waals surface area contributed by atoms with Gasteiger partial charge < -0.3 is 9.90 Å². The Morgan fingerprint density at radius 2 is 1.79 bits per heavy atom. The predicted octanol–water partition coefficient (Wildman–Crippen LogP) is 1.59. The fourth-order valence-electron chi connectivity index (χ4n) is 2.36. The molecule has 120 valence electrons. The van der Waals surface area contributed by atoms with Crippen LogP contribution in [-0.2, 0) is 0 Å². The molecule has 1 heterocycles. The number of H-pyrrole nitrogens is 1. The van der Waals surface area contributed by atoms with Gasteiger partial charge >= 0.3 is 0 Å². The maximum absolute atomic E-state index is 12.5. The Bertz CT molecular complexity index is 969. The average Bonchev–Trinajstić information content (AvgIpc) is 2.88. The minimum atomic E-state index is -1.31. The lowest BCUT2D eigenvalue weighted by atomic mass is 10.2. The molecule has 1 aromatic heterocycles. The number of aliphatic imine (C=N–C) groups is 1. The zero-order valence-corrected chi connectivity index (χ0v) is 12.9. The number of aromatic amines is 1. The first-order valence-electron chi connectivity index (χ1n) is 7.29. The number of aromatic nitrogens is 2. The summed E-state index contributed by atoms with van der Waals surface area (Å²) in [5.41, 5.74) is 1.67. The van der Waals surface area contributed by atoms with E-state index in [4.69, 9.17) is 0 Å². The Labute approximate surface area is 137 Å². The number of carbonyl (C=O) groups is 1. The summed E-state index contributed by atoms with van der Waals surface area (Å²) in [6.07, 6.45) is 1.37. The van der Waals surface area contributed by atoms with Gasteiger partial charge in [0.15, 0.2) is 0 Å². The van der Waals surface area contributed by atoms with Crippen molar-refractivity contribution in [3.63, 3.8) is 0 Å². The van der Waals surface area contributed by atoms with Gasteiger partial charge in [0.05, 0.1) is 22.9 Å². The lowest BCUT2D eigenvalue weighted by molar-refractivity contribution is -0.254. The summed E-state index contributed by atoms with van der Waals surface area (Å²) in [6, 6.07) is 15.4. The molecule has 0 fully saturated rings. The van der Waals surface area contributed by atoms with E-state index >= 15 is 0 Å². The highest BCUT2D eigenvalue weighted by atomic mass is 16.4. The lowest BCUT2D eigenvalue weighted by Gasteiger charge is -2.04.